The van der Waals surface area contributed by atoms with Crippen molar-refractivity contribution in [2.45, 2.75) is 19.4 Å². The lowest BCUT2D eigenvalue weighted by Crippen LogP contribution is -2.28. The minimum Gasteiger partial charge on any atom is -0.384 e. The quantitative estimate of drug-likeness (QED) is 0.826. The molecular weight excluding hydrogens is 262 g/mol. The maximum atomic E-state index is 11.9. The number of sulfonamides is 1. The number of aliphatic hydroxyl groups is 1. The molecule has 1 heterocycles. The minimum atomic E-state index is -3.09. The Labute approximate surface area is 114 Å². The van der Waals surface area contributed by atoms with Gasteiger partial charge in [0.1, 0.15) is 6.61 Å². The third kappa shape index (κ3) is 3.16. The van der Waals surface area contributed by atoms with Crippen LogP contribution in [0.1, 0.15) is 30.5 Å². The van der Waals surface area contributed by atoms with E-state index in [1.807, 2.05) is 31.2 Å². The van der Waals surface area contributed by atoms with Gasteiger partial charge in [-0.3, -0.25) is 0 Å². The van der Waals surface area contributed by atoms with Crippen LogP contribution in [-0.4, -0.2) is 36.7 Å². The first kappa shape index (κ1) is 14.1. The van der Waals surface area contributed by atoms with E-state index in [-0.39, 0.29) is 18.4 Å². The van der Waals surface area contributed by atoms with Gasteiger partial charge in [-0.15, -0.1) is 0 Å². The van der Waals surface area contributed by atoms with Crippen LogP contribution in [0.15, 0.2) is 24.3 Å². The average Bonchev–Trinajstić information content (AvgIpc) is 2.76. The highest BCUT2D eigenvalue weighted by Crippen LogP contribution is 2.27. The maximum absolute atomic E-state index is 11.9. The molecule has 1 unspecified atom stereocenters. The van der Waals surface area contributed by atoms with E-state index < -0.39 is 10.0 Å². The fourth-order valence-corrected chi connectivity index (χ4v) is 3.99. The number of nitrogens with zero attached hydrogens (tertiary/aromatic N) is 1. The smallest absolute Gasteiger partial charge is 0.214 e. The molecule has 1 aromatic carbocycles. The van der Waals surface area contributed by atoms with Crippen LogP contribution in [0.2, 0.25) is 0 Å². The molecule has 0 saturated carbocycles. The molecule has 1 saturated heterocycles. The van der Waals surface area contributed by atoms with Gasteiger partial charge in [-0.25, -0.2) is 8.42 Å². The van der Waals surface area contributed by atoms with Crippen LogP contribution >= 0.6 is 0 Å². The first-order chi connectivity index (χ1) is 9.04. The summed E-state index contributed by atoms with van der Waals surface area (Å²) in [7, 11) is -3.09. The number of aliphatic hydroxyl groups excluding tert-OH is 1. The largest absolute Gasteiger partial charge is 0.384 e. The van der Waals surface area contributed by atoms with Crippen molar-refractivity contribution in [1.82, 2.24) is 4.31 Å². The molecular formula is C14H17NO3S. The molecule has 1 atom stereocenters. The van der Waals surface area contributed by atoms with Crippen molar-refractivity contribution in [2.24, 2.45) is 0 Å². The van der Waals surface area contributed by atoms with Gasteiger partial charge in [0.2, 0.25) is 10.0 Å². The van der Waals surface area contributed by atoms with E-state index in [0.29, 0.717) is 13.0 Å². The van der Waals surface area contributed by atoms with Gasteiger partial charge in [0.25, 0.3) is 0 Å². The van der Waals surface area contributed by atoms with Gasteiger partial charge < -0.3 is 5.11 Å². The second kappa shape index (κ2) is 5.74. The number of rotatable bonds is 2. The maximum Gasteiger partial charge on any atom is 0.214 e. The molecule has 0 aromatic heterocycles. The van der Waals surface area contributed by atoms with Gasteiger partial charge in [0.15, 0.2) is 0 Å². The Hall–Kier alpha value is -1.35. The zero-order chi connectivity index (χ0) is 13.9. The summed E-state index contributed by atoms with van der Waals surface area (Å²) in [5.74, 6) is 5.64. The molecule has 1 fully saturated rings. The van der Waals surface area contributed by atoms with E-state index in [9.17, 15) is 8.42 Å². The SMILES string of the molecule is CC(c1ccc(C#CCO)cc1)N1CCCS1(=O)=O. The minimum absolute atomic E-state index is 0.146. The van der Waals surface area contributed by atoms with E-state index in [4.69, 9.17) is 5.11 Å². The Kier molecular flexibility index (Phi) is 4.25. The molecule has 102 valence electrons. The lowest BCUT2D eigenvalue weighted by atomic mass is 10.1. The Morgan fingerprint density at radius 3 is 2.58 bits per heavy atom. The normalized spacial score (nSPS) is 19.7. The second-order valence-corrected chi connectivity index (χ2v) is 6.58. The van der Waals surface area contributed by atoms with Gasteiger partial charge in [-0.1, -0.05) is 24.0 Å². The first-order valence-electron chi connectivity index (χ1n) is 6.24. The zero-order valence-corrected chi connectivity index (χ0v) is 11.7. The van der Waals surface area contributed by atoms with Crippen LogP contribution in [0, 0.1) is 11.8 Å². The Bertz CT molecular complexity index is 596. The van der Waals surface area contributed by atoms with Crippen molar-refractivity contribution in [3.05, 3.63) is 35.4 Å². The van der Waals surface area contributed by atoms with Crippen molar-refractivity contribution in [3.8, 4) is 11.8 Å². The first-order valence-corrected chi connectivity index (χ1v) is 7.85. The Morgan fingerprint density at radius 2 is 2.05 bits per heavy atom. The number of hydrogen-bond acceptors (Lipinski definition) is 3. The second-order valence-electron chi connectivity index (χ2n) is 4.54. The molecule has 0 radical (unpaired) electrons. The lowest BCUT2D eigenvalue weighted by Gasteiger charge is -2.23. The van der Waals surface area contributed by atoms with Gasteiger partial charge in [-0.05, 0) is 31.0 Å². The third-order valence-corrected chi connectivity index (χ3v) is 5.29. The molecule has 1 aliphatic rings. The monoisotopic (exact) mass is 279 g/mol. The van der Waals surface area contributed by atoms with E-state index in [0.717, 1.165) is 11.1 Å². The van der Waals surface area contributed by atoms with Crippen molar-refractivity contribution in [3.63, 3.8) is 0 Å². The van der Waals surface area contributed by atoms with Gasteiger partial charge in [0.05, 0.1) is 5.75 Å². The number of benzene rings is 1. The van der Waals surface area contributed by atoms with Gasteiger partial charge in [-0.2, -0.15) is 4.31 Å². The summed E-state index contributed by atoms with van der Waals surface area (Å²) in [6, 6.07) is 7.32. The highest BCUT2D eigenvalue weighted by atomic mass is 32.2. The molecule has 5 heteroatoms. The lowest BCUT2D eigenvalue weighted by molar-refractivity contribution is 0.350. The summed E-state index contributed by atoms with van der Waals surface area (Å²) in [5.41, 5.74) is 1.77. The molecule has 0 bridgehead atoms. The summed E-state index contributed by atoms with van der Waals surface area (Å²) in [4.78, 5) is 0. The van der Waals surface area contributed by atoms with Crippen LogP contribution in [-0.2, 0) is 10.0 Å². The molecule has 4 nitrogen and oxygen atoms in total. The summed E-state index contributed by atoms with van der Waals surface area (Å²) in [6.45, 7) is 2.33. The molecule has 0 amide bonds. The fourth-order valence-electron chi connectivity index (χ4n) is 2.25. The topological polar surface area (TPSA) is 57.6 Å². The predicted octanol–water partition coefficient (Wildman–Crippen LogP) is 1.13. The zero-order valence-electron chi connectivity index (χ0n) is 10.8. The molecule has 19 heavy (non-hydrogen) atoms. The Morgan fingerprint density at radius 1 is 1.37 bits per heavy atom. The summed E-state index contributed by atoms with van der Waals surface area (Å²) in [5, 5.41) is 8.62. The van der Waals surface area contributed by atoms with Crippen LogP contribution in [0.3, 0.4) is 0 Å². The summed E-state index contributed by atoms with van der Waals surface area (Å²) >= 11 is 0. The molecule has 2 rings (SSSR count). The van der Waals surface area contributed by atoms with Crippen molar-refractivity contribution >= 4 is 10.0 Å². The van der Waals surface area contributed by atoms with E-state index in [1.54, 1.807) is 4.31 Å². The highest BCUT2D eigenvalue weighted by Gasteiger charge is 2.32. The van der Waals surface area contributed by atoms with Crippen molar-refractivity contribution in [2.75, 3.05) is 18.9 Å². The van der Waals surface area contributed by atoms with E-state index >= 15 is 0 Å². The fraction of sp³-hybridized carbons (Fsp3) is 0.429. The van der Waals surface area contributed by atoms with Crippen LogP contribution in [0.4, 0.5) is 0 Å². The number of hydrogen-bond donors (Lipinski definition) is 1. The Balaban J connectivity index is 2.18. The molecule has 0 spiro atoms. The summed E-state index contributed by atoms with van der Waals surface area (Å²) < 4.78 is 25.3. The molecule has 0 aliphatic carbocycles. The highest BCUT2D eigenvalue weighted by molar-refractivity contribution is 7.89. The average molecular weight is 279 g/mol. The van der Waals surface area contributed by atoms with Crippen molar-refractivity contribution < 1.29 is 13.5 Å². The van der Waals surface area contributed by atoms with Crippen LogP contribution in [0.25, 0.3) is 0 Å². The van der Waals surface area contributed by atoms with E-state index in [1.165, 1.54) is 0 Å². The third-order valence-electron chi connectivity index (χ3n) is 3.27. The summed E-state index contributed by atoms with van der Waals surface area (Å²) in [6.07, 6.45) is 0.701. The van der Waals surface area contributed by atoms with Crippen molar-refractivity contribution in [1.29, 1.82) is 0 Å². The van der Waals surface area contributed by atoms with Gasteiger partial charge >= 0.3 is 0 Å². The predicted molar refractivity (Wildman–Crippen MR) is 73.9 cm³/mol. The van der Waals surface area contributed by atoms with E-state index in [2.05, 4.69) is 11.8 Å². The van der Waals surface area contributed by atoms with Gasteiger partial charge in [0, 0.05) is 18.2 Å². The van der Waals surface area contributed by atoms with Crippen LogP contribution in [0.5, 0.6) is 0 Å². The molecule has 1 aliphatic heterocycles. The molecule has 1 aromatic rings. The standard InChI is InChI=1S/C14H17NO3S/c1-12(15-9-3-11-19(15,17)18)14-7-5-13(6-8-14)4-2-10-16/h5-8,12,16H,3,9-11H2,1H3. The van der Waals surface area contributed by atoms with Crippen LogP contribution < -0.4 is 0 Å². The molecule has 1 N–H and O–H groups in total.